The molecule has 3 aromatic rings. The number of rotatable bonds is 5. The van der Waals surface area contributed by atoms with Crippen molar-refractivity contribution in [1.82, 2.24) is 0 Å². The van der Waals surface area contributed by atoms with E-state index < -0.39 is 0 Å². The fraction of sp³-hybridized carbons (Fsp3) is 0.273. The normalized spacial score (nSPS) is 12.9. The predicted molar refractivity (Wildman–Crippen MR) is 119 cm³/mol. The number of methoxy groups -OCH3 is 1. The minimum atomic E-state index is -0.217. The molecule has 2 N–H and O–H groups in total. The first-order valence-electron chi connectivity index (χ1n) is 9.52. The molecule has 0 unspecified atom stereocenters. The maximum atomic E-state index is 13.2. The zero-order valence-corrected chi connectivity index (χ0v) is 18.0. The third-order valence-electron chi connectivity index (χ3n) is 4.97. The van der Waals surface area contributed by atoms with E-state index in [1.165, 1.54) is 27.6 Å². The predicted octanol–water partition coefficient (Wildman–Crippen LogP) is 5.51. The molecule has 2 aromatic heterocycles. The van der Waals surface area contributed by atoms with Crippen LogP contribution in [0, 0.1) is 6.92 Å². The highest BCUT2D eigenvalue weighted by Crippen LogP contribution is 2.39. The summed E-state index contributed by atoms with van der Waals surface area (Å²) in [6.45, 7) is 1.97. The van der Waals surface area contributed by atoms with E-state index >= 15 is 0 Å². The molecule has 0 bridgehead atoms. The summed E-state index contributed by atoms with van der Waals surface area (Å²) in [4.78, 5) is 28.2. The number of fused-ring (bicyclic) bond motifs is 1. The van der Waals surface area contributed by atoms with Crippen molar-refractivity contribution in [2.24, 2.45) is 0 Å². The van der Waals surface area contributed by atoms with Gasteiger partial charge in [0, 0.05) is 15.1 Å². The lowest BCUT2D eigenvalue weighted by atomic mass is 9.95. The Balaban J connectivity index is 1.66. The molecule has 5 nitrogen and oxygen atoms in total. The van der Waals surface area contributed by atoms with Crippen LogP contribution in [-0.2, 0) is 12.8 Å². The number of anilines is 2. The molecule has 0 aliphatic heterocycles. The van der Waals surface area contributed by atoms with Crippen LogP contribution in [0.5, 0.6) is 5.75 Å². The van der Waals surface area contributed by atoms with Crippen molar-refractivity contribution in [2.75, 3.05) is 17.7 Å². The van der Waals surface area contributed by atoms with E-state index in [1.807, 2.05) is 36.6 Å². The van der Waals surface area contributed by atoms with Crippen LogP contribution in [0.15, 0.2) is 35.7 Å². The van der Waals surface area contributed by atoms with Crippen molar-refractivity contribution in [3.05, 3.63) is 62.2 Å². The molecule has 29 heavy (non-hydrogen) atoms. The molecule has 0 radical (unpaired) electrons. The molecule has 4 rings (SSSR count). The van der Waals surface area contributed by atoms with Gasteiger partial charge in [-0.25, -0.2) is 0 Å². The van der Waals surface area contributed by atoms with Gasteiger partial charge in [-0.05, 0) is 56.4 Å². The number of carbonyl (C=O) groups is 2. The first kappa shape index (κ1) is 19.7. The molecular weight excluding hydrogens is 404 g/mol. The summed E-state index contributed by atoms with van der Waals surface area (Å²) in [5, 5.41) is 8.42. The van der Waals surface area contributed by atoms with Gasteiger partial charge in [-0.2, -0.15) is 0 Å². The van der Waals surface area contributed by atoms with Crippen molar-refractivity contribution in [3.63, 3.8) is 0 Å². The molecule has 2 amide bonds. The van der Waals surface area contributed by atoms with Gasteiger partial charge in [0.2, 0.25) is 0 Å². The van der Waals surface area contributed by atoms with E-state index in [4.69, 9.17) is 4.74 Å². The molecule has 1 aliphatic carbocycles. The van der Waals surface area contributed by atoms with Gasteiger partial charge in [-0.15, -0.1) is 22.7 Å². The second kappa shape index (κ2) is 8.39. The van der Waals surface area contributed by atoms with Crippen molar-refractivity contribution in [1.29, 1.82) is 0 Å². The number of carbonyl (C=O) groups excluding carboxylic acids is 2. The molecular formula is C22H22N2O3S2. The van der Waals surface area contributed by atoms with Crippen molar-refractivity contribution < 1.29 is 14.3 Å². The van der Waals surface area contributed by atoms with Crippen molar-refractivity contribution >= 4 is 45.2 Å². The maximum absolute atomic E-state index is 13.2. The topological polar surface area (TPSA) is 67.4 Å². The number of ether oxygens (including phenoxy) is 1. The highest BCUT2D eigenvalue weighted by Gasteiger charge is 2.27. The number of hydrogen-bond donors (Lipinski definition) is 2. The van der Waals surface area contributed by atoms with E-state index in [-0.39, 0.29) is 11.8 Å². The molecule has 2 heterocycles. The second-order valence-corrected chi connectivity index (χ2v) is 9.19. The summed E-state index contributed by atoms with van der Waals surface area (Å²) in [6, 6.07) is 9.18. The lowest BCUT2D eigenvalue weighted by Crippen LogP contribution is -2.18. The molecule has 0 saturated carbocycles. The highest BCUT2D eigenvalue weighted by atomic mass is 32.1. The first-order chi connectivity index (χ1) is 14.1. The Morgan fingerprint density at radius 1 is 1.07 bits per heavy atom. The Hall–Kier alpha value is -2.64. The van der Waals surface area contributed by atoms with E-state index in [1.54, 1.807) is 13.2 Å². The van der Waals surface area contributed by atoms with Gasteiger partial charge in [0.05, 0.1) is 23.9 Å². The minimum Gasteiger partial charge on any atom is -0.495 e. The quantitative estimate of drug-likeness (QED) is 0.565. The lowest BCUT2D eigenvalue weighted by Gasteiger charge is -2.14. The van der Waals surface area contributed by atoms with Crippen LogP contribution in [0.1, 0.15) is 48.9 Å². The Kier molecular flexibility index (Phi) is 5.69. The molecule has 1 aromatic carbocycles. The summed E-state index contributed by atoms with van der Waals surface area (Å²) in [7, 11) is 1.58. The van der Waals surface area contributed by atoms with Crippen LogP contribution in [0.2, 0.25) is 0 Å². The van der Waals surface area contributed by atoms with Crippen LogP contribution < -0.4 is 15.4 Å². The molecule has 0 saturated heterocycles. The van der Waals surface area contributed by atoms with Crippen molar-refractivity contribution in [2.45, 2.75) is 32.6 Å². The number of nitrogens with one attached hydrogen (secondary N) is 2. The zero-order valence-electron chi connectivity index (χ0n) is 16.3. The Morgan fingerprint density at radius 3 is 2.62 bits per heavy atom. The Bertz CT molecular complexity index is 1070. The Labute approximate surface area is 177 Å². The smallest absolute Gasteiger partial charge is 0.259 e. The lowest BCUT2D eigenvalue weighted by molar-refractivity contribution is 0.102. The van der Waals surface area contributed by atoms with Gasteiger partial charge in [0.1, 0.15) is 10.8 Å². The molecule has 7 heteroatoms. The zero-order chi connectivity index (χ0) is 20.4. The SMILES string of the molecule is COc1ccccc1NC(=O)c1c(NC(=O)c2csc(C)c2)sc2c1CCCC2. The molecule has 150 valence electrons. The summed E-state index contributed by atoms with van der Waals surface area (Å²) in [5.74, 6) is 0.203. The summed E-state index contributed by atoms with van der Waals surface area (Å²) < 4.78 is 5.35. The third-order valence-corrected chi connectivity index (χ3v) is 7.04. The first-order valence-corrected chi connectivity index (χ1v) is 11.2. The fourth-order valence-corrected chi connectivity index (χ4v) is 5.53. The Morgan fingerprint density at radius 2 is 1.86 bits per heavy atom. The van der Waals surface area contributed by atoms with Crippen LogP contribution >= 0.6 is 22.7 Å². The third kappa shape index (κ3) is 4.06. The fourth-order valence-electron chi connectivity index (χ4n) is 3.56. The number of hydrogen-bond acceptors (Lipinski definition) is 5. The van der Waals surface area contributed by atoms with Crippen LogP contribution in [-0.4, -0.2) is 18.9 Å². The van der Waals surface area contributed by atoms with E-state index in [0.717, 1.165) is 36.1 Å². The van der Waals surface area contributed by atoms with Gasteiger partial charge in [-0.1, -0.05) is 12.1 Å². The van der Waals surface area contributed by atoms with E-state index in [0.29, 0.717) is 27.6 Å². The summed E-state index contributed by atoms with van der Waals surface area (Å²) in [5.41, 5.74) is 2.87. The molecule has 0 spiro atoms. The number of thiophene rings is 2. The second-order valence-electron chi connectivity index (χ2n) is 6.97. The van der Waals surface area contributed by atoms with E-state index in [2.05, 4.69) is 10.6 Å². The molecule has 0 atom stereocenters. The van der Waals surface area contributed by atoms with Crippen LogP contribution in [0.25, 0.3) is 0 Å². The standard InChI is InChI=1S/C22H22N2O3S2/c1-13-11-14(12-28-13)20(25)24-22-19(15-7-3-6-10-18(15)29-22)21(26)23-16-8-4-5-9-17(16)27-2/h4-5,8-9,11-12H,3,6-7,10H2,1-2H3,(H,23,26)(H,24,25). The minimum absolute atomic E-state index is 0.181. The van der Waals surface area contributed by atoms with Crippen molar-refractivity contribution in [3.8, 4) is 5.75 Å². The number of amides is 2. The maximum Gasteiger partial charge on any atom is 0.259 e. The van der Waals surface area contributed by atoms with Gasteiger partial charge in [0.25, 0.3) is 11.8 Å². The number of aryl methyl sites for hydroxylation is 2. The average Bonchev–Trinajstić information content (AvgIpc) is 3.31. The average molecular weight is 427 g/mol. The number of benzene rings is 1. The highest BCUT2D eigenvalue weighted by molar-refractivity contribution is 7.17. The largest absolute Gasteiger partial charge is 0.495 e. The van der Waals surface area contributed by atoms with Gasteiger partial charge >= 0.3 is 0 Å². The van der Waals surface area contributed by atoms with Gasteiger partial charge in [-0.3, -0.25) is 9.59 Å². The molecule has 1 aliphatic rings. The monoisotopic (exact) mass is 426 g/mol. The van der Waals surface area contributed by atoms with Crippen LogP contribution in [0.3, 0.4) is 0 Å². The summed E-state index contributed by atoms with van der Waals surface area (Å²) >= 11 is 3.06. The van der Waals surface area contributed by atoms with E-state index in [9.17, 15) is 9.59 Å². The van der Waals surface area contributed by atoms with Crippen LogP contribution in [0.4, 0.5) is 10.7 Å². The number of para-hydroxylation sites is 2. The van der Waals surface area contributed by atoms with Gasteiger partial charge in [0.15, 0.2) is 0 Å². The summed E-state index contributed by atoms with van der Waals surface area (Å²) in [6.07, 6.45) is 3.96. The molecule has 0 fully saturated rings. The van der Waals surface area contributed by atoms with Gasteiger partial charge < -0.3 is 15.4 Å².